The molecule has 3 nitrogen and oxygen atoms in total. The summed E-state index contributed by atoms with van der Waals surface area (Å²) in [5.74, 6) is 0. The normalized spacial score (nSPS) is 16.9. The number of nitrogens with zero attached hydrogens (tertiary/aromatic N) is 1. The predicted octanol–water partition coefficient (Wildman–Crippen LogP) is 3.43. The van der Waals surface area contributed by atoms with Crippen molar-refractivity contribution in [1.82, 2.24) is 0 Å². The highest BCUT2D eigenvalue weighted by Gasteiger charge is 2.34. The van der Waals surface area contributed by atoms with Crippen LogP contribution in [0.1, 0.15) is 11.1 Å². The van der Waals surface area contributed by atoms with Gasteiger partial charge in [0.1, 0.15) is 0 Å². The smallest absolute Gasteiger partial charge is 0.414 e. The highest BCUT2D eigenvalue weighted by atomic mass is 16.5. The van der Waals surface area contributed by atoms with E-state index < -0.39 is 0 Å². The second kappa shape index (κ2) is 5.37. The first-order valence-corrected chi connectivity index (χ1v) is 6.78. The van der Waals surface area contributed by atoms with Gasteiger partial charge in [-0.2, -0.15) is 0 Å². The average Bonchev–Trinajstić information content (AvgIpc) is 2.85. The van der Waals surface area contributed by atoms with Crippen molar-refractivity contribution in [3.63, 3.8) is 0 Å². The first-order valence-electron chi connectivity index (χ1n) is 6.78. The molecule has 20 heavy (non-hydrogen) atoms. The molecule has 1 heterocycles. The fourth-order valence-corrected chi connectivity index (χ4v) is 2.86. The molecule has 0 saturated heterocycles. The molecule has 0 aliphatic carbocycles. The quantitative estimate of drug-likeness (QED) is 0.834. The van der Waals surface area contributed by atoms with Gasteiger partial charge in [-0.15, -0.1) is 0 Å². The Kier molecular flexibility index (Phi) is 3.42. The zero-order valence-corrected chi connectivity index (χ0v) is 11.5. The number of anilines is 1. The Morgan fingerprint density at radius 1 is 1.15 bits per heavy atom. The Labute approximate surface area is 118 Å². The molecule has 0 saturated carbocycles. The first kappa shape index (κ1) is 12.7. The van der Waals surface area contributed by atoms with E-state index in [0.29, 0.717) is 0 Å². The number of benzene rings is 2. The molecule has 102 valence electrons. The Hall–Kier alpha value is -2.29. The molecule has 1 amide bonds. The van der Waals surface area contributed by atoms with Crippen LogP contribution in [0.25, 0.3) is 0 Å². The van der Waals surface area contributed by atoms with E-state index in [1.807, 2.05) is 36.4 Å². The highest BCUT2D eigenvalue weighted by molar-refractivity contribution is 5.91. The molecule has 0 fully saturated rings. The summed E-state index contributed by atoms with van der Waals surface area (Å²) in [6.07, 6.45) is 1.43. The molecular weight excluding hydrogens is 250 g/mol. The summed E-state index contributed by atoms with van der Waals surface area (Å²) in [6, 6.07) is 18.4. The standard InChI is InChI=1S/C17H17NO2/c1-20-17(19)18-15(11-13-7-3-2-4-8-13)12-14-9-5-6-10-16(14)18/h2-10,15H,11-12H2,1H3/t15-/m1/s1. The van der Waals surface area contributed by atoms with E-state index in [1.54, 1.807) is 4.90 Å². The van der Waals surface area contributed by atoms with Gasteiger partial charge in [0, 0.05) is 6.04 Å². The van der Waals surface area contributed by atoms with Crippen LogP contribution in [-0.4, -0.2) is 19.2 Å². The van der Waals surface area contributed by atoms with E-state index in [-0.39, 0.29) is 12.1 Å². The molecule has 0 radical (unpaired) electrons. The Morgan fingerprint density at radius 3 is 2.60 bits per heavy atom. The lowest BCUT2D eigenvalue weighted by Gasteiger charge is -2.24. The van der Waals surface area contributed by atoms with E-state index in [9.17, 15) is 4.79 Å². The topological polar surface area (TPSA) is 29.5 Å². The van der Waals surface area contributed by atoms with Crippen LogP contribution in [0.15, 0.2) is 54.6 Å². The molecule has 0 aromatic heterocycles. The number of hydrogen-bond acceptors (Lipinski definition) is 2. The van der Waals surface area contributed by atoms with E-state index >= 15 is 0 Å². The maximum atomic E-state index is 12.1. The highest BCUT2D eigenvalue weighted by Crippen LogP contribution is 2.33. The Bertz CT molecular complexity index is 609. The number of carbonyl (C=O) groups excluding carboxylic acids is 1. The van der Waals surface area contributed by atoms with Gasteiger partial charge in [0.05, 0.1) is 12.8 Å². The van der Waals surface area contributed by atoms with Gasteiger partial charge in [0.25, 0.3) is 0 Å². The third kappa shape index (κ3) is 2.27. The van der Waals surface area contributed by atoms with Gasteiger partial charge in [-0.1, -0.05) is 48.5 Å². The van der Waals surface area contributed by atoms with Crippen molar-refractivity contribution in [3.8, 4) is 0 Å². The number of fused-ring (bicyclic) bond motifs is 1. The van der Waals surface area contributed by atoms with Gasteiger partial charge in [-0.05, 0) is 30.0 Å². The lowest BCUT2D eigenvalue weighted by atomic mass is 10.0. The number of carbonyl (C=O) groups is 1. The summed E-state index contributed by atoms with van der Waals surface area (Å²) in [6.45, 7) is 0. The molecule has 0 unspecified atom stereocenters. The lowest BCUT2D eigenvalue weighted by molar-refractivity contribution is 0.176. The summed E-state index contributed by atoms with van der Waals surface area (Å²) < 4.78 is 4.95. The van der Waals surface area contributed by atoms with Crippen molar-refractivity contribution in [3.05, 3.63) is 65.7 Å². The molecular formula is C17H17NO2. The molecule has 3 rings (SSSR count). The van der Waals surface area contributed by atoms with Gasteiger partial charge in [-0.25, -0.2) is 4.79 Å². The number of ether oxygens (including phenoxy) is 1. The van der Waals surface area contributed by atoms with Gasteiger partial charge < -0.3 is 4.74 Å². The van der Waals surface area contributed by atoms with Crippen molar-refractivity contribution in [2.24, 2.45) is 0 Å². The minimum Gasteiger partial charge on any atom is -0.452 e. The van der Waals surface area contributed by atoms with Gasteiger partial charge in [0.15, 0.2) is 0 Å². The summed E-state index contributed by atoms with van der Waals surface area (Å²) >= 11 is 0. The molecule has 0 spiro atoms. The molecule has 1 aliphatic rings. The lowest BCUT2D eigenvalue weighted by Crippen LogP contribution is -2.39. The number of amides is 1. The van der Waals surface area contributed by atoms with Crippen LogP contribution in [0.4, 0.5) is 10.5 Å². The second-order valence-corrected chi connectivity index (χ2v) is 5.02. The van der Waals surface area contributed by atoms with Crippen molar-refractivity contribution < 1.29 is 9.53 Å². The number of para-hydroxylation sites is 1. The summed E-state index contributed by atoms with van der Waals surface area (Å²) in [4.78, 5) is 13.9. The summed E-state index contributed by atoms with van der Waals surface area (Å²) in [7, 11) is 1.43. The zero-order chi connectivity index (χ0) is 13.9. The predicted molar refractivity (Wildman–Crippen MR) is 79.0 cm³/mol. The van der Waals surface area contributed by atoms with Crippen LogP contribution in [-0.2, 0) is 17.6 Å². The molecule has 1 atom stereocenters. The third-order valence-corrected chi connectivity index (χ3v) is 3.76. The van der Waals surface area contributed by atoms with Crippen LogP contribution in [0.3, 0.4) is 0 Å². The SMILES string of the molecule is COC(=O)N1c2ccccc2C[C@H]1Cc1ccccc1. The molecule has 2 aromatic carbocycles. The summed E-state index contributed by atoms with van der Waals surface area (Å²) in [5.41, 5.74) is 3.42. The minimum absolute atomic E-state index is 0.127. The van der Waals surface area contributed by atoms with Crippen LogP contribution in [0, 0.1) is 0 Å². The van der Waals surface area contributed by atoms with Crippen molar-refractivity contribution in [2.75, 3.05) is 12.0 Å². The van der Waals surface area contributed by atoms with Crippen LogP contribution < -0.4 is 4.90 Å². The maximum absolute atomic E-state index is 12.1. The largest absolute Gasteiger partial charge is 0.452 e. The average molecular weight is 267 g/mol. The van der Waals surface area contributed by atoms with Crippen LogP contribution in [0.5, 0.6) is 0 Å². The molecule has 0 N–H and O–H groups in total. The minimum atomic E-state index is -0.282. The van der Waals surface area contributed by atoms with Gasteiger partial charge >= 0.3 is 6.09 Å². The Balaban J connectivity index is 1.90. The van der Waals surface area contributed by atoms with Crippen molar-refractivity contribution in [2.45, 2.75) is 18.9 Å². The van der Waals surface area contributed by atoms with E-state index in [0.717, 1.165) is 18.5 Å². The fourth-order valence-electron chi connectivity index (χ4n) is 2.86. The molecule has 3 heteroatoms. The zero-order valence-electron chi connectivity index (χ0n) is 11.5. The number of hydrogen-bond donors (Lipinski definition) is 0. The van der Waals surface area contributed by atoms with Crippen LogP contribution >= 0.6 is 0 Å². The van der Waals surface area contributed by atoms with Crippen LogP contribution in [0.2, 0.25) is 0 Å². The number of rotatable bonds is 2. The van der Waals surface area contributed by atoms with Gasteiger partial charge in [-0.3, -0.25) is 4.90 Å². The van der Waals surface area contributed by atoms with E-state index in [1.165, 1.54) is 18.2 Å². The maximum Gasteiger partial charge on any atom is 0.414 e. The van der Waals surface area contributed by atoms with Gasteiger partial charge in [0.2, 0.25) is 0 Å². The summed E-state index contributed by atoms with van der Waals surface area (Å²) in [5, 5.41) is 0. The third-order valence-electron chi connectivity index (χ3n) is 3.76. The molecule has 2 aromatic rings. The van der Waals surface area contributed by atoms with E-state index in [2.05, 4.69) is 18.2 Å². The van der Waals surface area contributed by atoms with E-state index in [4.69, 9.17) is 4.74 Å². The monoisotopic (exact) mass is 267 g/mol. The number of methoxy groups -OCH3 is 1. The first-order chi connectivity index (χ1) is 9.79. The van der Waals surface area contributed by atoms with Crippen molar-refractivity contribution >= 4 is 11.8 Å². The van der Waals surface area contributed by atoms with Crippen molar-refractivity contribution in [1.29, 1.82) is 0 Å². The second-order valence-electron chi connectivity index (χ2n) is 5.02. The fraction of sp³-hybridized carbons (Fsp3) is 0.235. The molecule has 1 aliphatic heterocycles. The Morgan fingerprint density at radius 2 is 1.85 bits per heavy atom. The molecule has 0 bridgehead atoms.